The summed E-state index contributed by atoms with van der Waals surface area (Å²) in [6, 6.07) is 8.19. The van der Waals surface area contributed by atoms with E-state index in [1.807, 2.05) is 6.92 Å². The van der Waals surface area contributed by atoms with Crippen molar-refractivity contribution in [2.24, 2.45) is 0 Å². The van der Waals surface area contributed by atoms with E-state index in [0.29, 0.717) is 13.2 Å². The van der Waals surface area contributed by atoms with E-state index in [2.05, 4.69) is 39.8 Å². The van der Waals surface area contributed by atoms with Gasteiger partial charge in [0.05, 0.1) is 25.9 Å². The molecule has 0 saturated carbocycles. The van der Waals surface area contributed by atoms with Gasteiger partial charge in [-0.2, -0.15) is 0 Å². The van der Waals surface area contributed by atoms with Crippen LogP contribution in [0.4, 0.5) is 0 Å². The first kappa shape index (κ1) is 17.4. The van der Waals surface area contributed by atoms with Gasteiger partial charge in [0.15, 0.2) is 0 Å². The number of carbonyl (C=O) groups is 1. The molecule has 0 aliphatic carbocycles. The van der Waals surface area contributed by atoms with Crippen molar-refractivity contribution >= 4 is 5.91 Å². The van der Waals surface area contributed by atoms with Crippen LogP contribution in [0.1, 0.15) is 18.1 Å². The van der Waals surface area contributed by atoms with Crippen molar-refractivity contribution in [1.29, 1.82) is 0 Å². The fourth-order valence-electron chi connectivity index (χ4n) is 3.11. The zero-order valence-electron chi connectivity index (χ0n) is 14.3. The predicted octanol–water partition coefficient (Wildman–Crippen LogP) is 0.512. The number of hydrogen-bond acceptors (Lipinski definition) is 5. The van der Waals surface area contributed by atoms with Crippen LogP contribution >= 0.6 is 0 Å². The molecular weight excluding hydrogens is 306 g/mol. The lowest BCUT2D eigenvalue weighted by Gasteiger charge is -2.29. The first-order valence-corrected chi connectivity index (χ1v) is 8.73. The molecule has 1 aromatic rings. The molecule has 0 spiro atoms. The Labute approximate surface area is 143 Å². The van der Waals surface area contributed by atoms with Crippen LogP contribution in [0.3, 0.4) is 0 Å². The monoisotopic (exact) mass is 333 g/mol. The number of carbonyl (C=O) groups excluding carboxylic acids is 1. The molecular formula is C18H27N3O3. The third-order valence-corrected chi connectivity index (χ3v) is 4.60. The van der Waals surface area contributed by atoms with Crippen molar-refractivity contribution in [1.82, 2.24) is 15.5 Å². The molecule has 0 radical (unpaired) electrons. The van der Waals surface area contributed by atoms with Crippen LogP contribution in [-0.4, -0.2) is 62.4 Å². The molecule has 132 valence electrons. The summed E-state index contributed by atoms with van der Waals surface area (Å²) in [4.78, 5) is 14.6. The number of morpholine rings is 2. The van der Waals surface area contributed by atoms with Gasteiger partial charge in [-0.25, -0.2) is 0 Å². The zero-order valence-corrected chi connectivity index (χ0v) is 14.3. The number of nitrogens with one attached hydrogen (secondary N) is 2. The largest absolute Gasteiger partial charge is 0.379 e. The Hall–Kier alpha value is -1.47. The van der Waals surface area contributed by atoms with Gasteiger partial charge in [0, 0.05) is 32.7 Å². The molecule has 2 saturated heterocycles. The molecule has 0 unspecified atom stereocenters. The molecule has 24 heavy (non-hydrogen) atoms. The molecule has 1 aromatic carbocycles. The Bertz CT molecular complexity index is 529. The molecule has 2 N–H and O–H groups in total. The highest BCUT2D eigenvalue weighted by molar-refractivity contribution is 5.82. The zero-order chi connectivity index (χ0) is 16.8. The van der Waals surface area contributed by atoms with E-state index >= 15 is 0 Å². The first-order valence-electron chi connectivity index (χ1n) is 8.73. The lowest BCUT2D eigenvalue weighted by Crippen LogP contribution is -2.55. The molecule has 2 aliphatic rings. The first-order chi connectivity index (χ1) is 11.7. The Morgan fingerprint density at radius 3 is 2.62 bits per heavy atom. The van der Waals surface area contributed by atoms with Gasteiger partial charge in [-0.1, -0.05) is 24.3 Å². The van der Waals surface area contributed by atoms with Crippen molar-refractivity contribution < 1.29 is 14.3 Å². The highest BCUT2D eigenvalue weighted by atomic mass is 16.5. The van der Waals surface area contributed by atoms with Gasteiger partial charge in [0.2, 0.25) is 5.91 Å². The molecule has 1 amide bonds. The van der Waals surface area contributed by atoms with Crippen LogP contribution in [0.15, 0.2) is 24.3 Å². The summed E-state index contributed by atoms with van der Waals surface area (Å²) in [7, 11) is 0. The number of hydrogen-bond donors (Lipinski definition) is 2. The van der Waals surface area contributed by atoms with Crippen molar-refractivity contribution in [2.45, 2.75) is 32.2 Å². The van der Waals surface area contributed by atoms with Gasteiger partial charge < -0.3 is 20.1 Å². The van der Waals surface area contributed by atoms with Gasteiger partial charge in [-0.15, -0.1) is 0 Å². The van der Waals surface area contributed by atoms with E-state index in [-0.39, 0.29) is 18.1 Å². The Morgan fingerprint density at radius 2 is 1.92 bits per heavy atom. The molecule has 2 aliphatic heterocycles. The fourth-order valence-corrected chi connectivity index (χ4v) is 3.11. The van der Waals surface area contributed by atoms with Crippen LogP contribution in [0.5, 0.6) is 0 Å². The van der Waals surface area contributed by atoms with Gasteiger partial charge in [0.1, 0.15) is 6.04 Å². The minimum absolute atomic E-state index is 0.000377. The van der Waals surface area contributed by atoms with Gasteiger partial charge in [0.25, 0.3) is 0 Å². The summed E-state index contributed by atoms with van der Waals surface area (Å²) in [6.45, 7) is 8.44. The predicted molar refractivity (Wildman–Crippen MR) is 91.6 cm³/mol. The highest BCUT2D eigenvalue weighted by Crippen LogP contribution is 2.10. The van der Waals surface area contributed by atoms with E-state index in [1.165, 1.54) is 5.56 Å². The Kier molecular flexibility index (Phi) is 6.20. The Balaban J connectivity index is 1.46. The average molecular weight is 333 g/mol. The van der Waals surface area contributed by atoms with E-state index in [4.69, 9.17) is 9.47 Å². The molecule has 2 atom stereocenters. The standard InChI is InChI=1S/C18H27N3O3/c1-14-17(19-6-9-24-14)18(22)20-12-15-2-4-16(5-3-15)13-21-7-10-23-11-8-21/h2-5,14,17,19H,6-13H2,1H3,(H,20,22)/t14-,17+/m1/s1. The summed E-state index contributed by atoms with van der Waals surface area (Å²) < 4.78 is 10.9. The van der Waals surface area contributed by atoms with E-state index in [0.717, 1.165) is 45.0 Å². The number of rotatable bonds is 5. The second kappa shape index (κ2) is 8.58. The normalized spacial score (nSPS) is 25.4. The summed E-state index contributed by atoms with van der Waals surface area (Å²) in [6.07, 6.45) is -0.0883. The van der Waals surface area contributed by atoms with Gasteiger partial charge in [-0.05, 0) is 18.1 Å². The summed E-state index contributed by atoms with van der Waals surface area (Å²) in [5.74, 6) is -0.000377. The van der Waals surface area contributed by atoms with Crippen LogP contribution < -0.4 is 10.6 Å². The van der Waals surface area contributed by atoms with Crippen LogP contribution in [-0.2, 0) is 27.4 Å². The topological polar surface area (TPSA) is 62.8 Å². The fraction of sp³-hybridized carbons (Fsp3) is 0.611. The van der Waals surface area contributed by atoms with Crippen LogP contribution in [0.25, 0.3) is 0 Å². The molecule has 6 heteroatoms. The lowest BCUT2D eigenvalue weighted by atomic mass is 10.1. The maximum atomic E-state index is 12.2. The molecule has 0 bridgehead atoms. The Morgan fingerprint density at radius 1 is 1.21 bits per heavy atom. The van der Waals surface area contributed by atoms with E-state index in [1.54, 1.807) is 0 Å². The molecule has 3 rings (SSSR count). The molecule has 2 fully saturated rings. The maximum Gasteiger partial charge on any atom is 0.240 e. The maximum absolute atomic E-state index is 12.2. The van der Waals surface area contributed by atoms with Crippen LogP contribution in [0.2, 0.25) is 0 Å². The highest BCUT2D eigenvalue weighted by Gasteiger charge is 2.27. The third-order valence-electron chi connectivity index (χ3n) is 4.60. The van der Waals surface area contributed by atoms with Crippen LogP contribution in [0, 0.1) is 0 Å². The van der Waals surface area contributed by atoms with Crippen molar-refractivity contribution in [3.05, 3.63) is 35.4 Å². The van der Waals surface area contributed by atoms with Crippen molar-refractivity contribution in [3.8, 4) is 0 Å². The lowest BCUT2D eigenvalue weighted by molar-refractivity contribution is -0.129. The second-order valence-corrected chi connectivity index (χ2v) is 6.43. The SMILES string of the molecule is C[C@H]1OCCN[C@@H]1C(=O)NCc1ccc(CN2CCOCC2)cc1. The summed E-state index contributed by atoms with van der Waals surface area (Å²) in [5, 5.41) is 6.20. The number of amides is 1. The molecule has 0 aromatic heterocycles. The number of ether oxygens (including phenoxy) is 2. The third kappa shape index (κ3) is 4.77. The minimum atomic E-state index is -0.264. The van der Waals surface area contributed by atoms with Crippen molar-refractivity contribution in [3.63, 3.8) is 0 Å². The minimum Gasteiger partial charge on any atom is -0.379 e. The van der Waals surface area contributed by atoms with Gasteiger partial charge in [-0.3, -0.25) is 9.69 Å². The van der Waals surface area contributed by atoms with Crippen molar-refractivity contribution in [2.75, 3.05) is 39.5 Å². The summed E-state index contributed by atoms with van der Waals surface area (Å²) in [5.41, 5.74) is 2.40. The second-order valence-electron chi connectivity index (χ2n) is 6.43. The van der Waals surface area contributed by atoms with Gasteiger partial charge >= 0.3 is 0 Å². The summed E-state index contributed by atoms with van der Waals surface area (Å²) >= 11 is 0. The average Bonchev–Trinajstić information content (AvgIpc) is 2.62. The smallest absolute Gasteiger partial charge is 0.240 e. The van der Waals surface area contributed by atoms with E-state index < -0.39 is 0 Å². The number of nitrogens with zero attached hydrogens (tertiary/aromatic N) is 1. The van der Waals surface area contributed by atoms with E-state index in [9.17, 15) is 4.79 Å². The quantitative estimate of drug-likeness (QED) is 0.822. The number of benzene rings is 1. The molecule has 2 heterocycles. The molecule has 6 nitrogen and oxygen atoms in total.